The number of hydrogen-bond acceptors (Lipinski definition) is 2. The first-order chi connectivity index (χ1) is 9.93. The van der Waals surface area contributed by atoms with Crippen molar-refractivity contribution in [2.45, 2.75) is 85.4 Å². The molecule has 1 N–H and O–H groups in total. The third-order valence-electron chi connectivity index (χ3n) is 6.11. The van der Waals surface area contributed by atoms with Crippen molar-refractivity contribution in [1.29, 1.82) is 0 Å². The zero-order valence-corrected chi connectivity index (χ0v) is 15.2. The Balaban J connectivity index is 2.15. The highest BCUT2D eigenvalue weighted by Gasteiger charge is 2.42. The van der Waals surface area contributed by atoms with Crippen molar-refractivity contribution in [1.82, 2.24) is 10.2 Å². The fourth-order valence-electron chi connectivity index (χ4n) is 5.08. The Bertz CT molecular complexity index is 317. The number of likely N-dealkylation sites (tertiary alicyclic amines) is 1. The van der Waals surface area contributed by atoms with Crippen molar-refractivity contribution in [3.8, 4) is 0 Å². The molecule has 0 radical (unpaired) electrons. The number of rotatable bonds is 4. The summed E-state index contributed by atoms with van der Waals surface area (Å²) in [5.41, 5.74) is 0. The Labute approximate surface area is 133 Å². The molecule has 1 aliphatic heterocycles. The lowest BCUT2D eigenvalue weighted by Crippen LogP contribution is -2.62. The van der Waals surface area contributed by atoms with E-state index in [0.29, 0.717) is 6.04 Å². The Kier molecular flexibility index (Phi) is 6.14. The standard InChI is InChI=1S/C19H38N2/c1-7-8-20-18-11-13(2)9-16(5)19(18)21-12-14(3)10-15(4)17(21)6/h13-20H,7-12H2,1-6H3. The summed E-state index contributed by atoms with van der Waals surface area (Å²) in [6.45, 7) is 17.1. The minimum atomic E-state index is 0.698. The van der Waals surface area contributed by atoms with Gasteiger partial charge in [-0.1, -0.05) is 34.6 Å². The highest BCUT2D eigenvalue weighted by molar-refractivity contribution is 4.98. The van der Waals surface area contributed by atoms with Crippen molar-refractivity contribution < 1.29 is 0 Å². The van der Waals surface area contributed by atoms with E-state index in [1.807, 2.05) is 0 Å². The third kappa shape index (κ3) is 4.01. The normalized spacial score (nSPS) is 45.7. The van der Waals surface area contributed by atoms with Gasteiger partial charge in [0, 0.05) is 24.7 Å². The molecule has 1 saturated heterocycles. The van der Waals surface area contributed by atoms with Crippen LogP contribution in [0.5, 0.6) is 0 Å². The highest BCUT2D eigenvalue weighted by Crippen LogP contribution is 2.37. The molecule has 0 spiro atoms. The largest absolute Gasteiger partial charge is 0.312 e. The van der Waals surface area contributed by atoms with Crippen LogP contribution >= 0.6 is 0 Å². The zero-order valence-electron chi connectivity index (χ0n) is 15.2. The molecule has 1 heterocycles. The van der Waals surface area contributed by atoms with E-state index in [2.05, 4.69) is 51.8 Å². The van der Waals surface area contributed by atoms with Gasteiger partial charge in [0.25, 0.3) is 0 Å². The second-order valence-corrected chi connectivity index (χ2v) is 8.36. The fraction of sp³-hybridized carbons (Fsp3) is 1.00. The second kappa shape index (κ2) is 7.46. The quantitative estimate of drug-likeness (QED) is 0.837. The van der Waals surface area contributed by atoms with Crippen LogP contribution in [0.2, 0.25) is 0 Å². The smallest absolute Gasteiger partial charge is 0.0278 e. The molecular formula is C19H38N2. The average molecular weight is 295 g/mol. The number of nitrogens with zero attached hydrogens (tertiary/aromatic N) is 1. The molecule has 2 fully saturated rings. The Morgan fingerprint density at radius 2 is 1.57 bits per heavy atom. The lowest BCUT2D eigenvalue weighted by Gasteiger charge is -2.52. The molecular weight excluding hydrogens is 256 g/mol. The summed E-state index contributed by atoms with van der Waals surface area (Å²) in [6.07, 6.45) is 5.42. The van der Waals surface area contributed by atoms with Crippen LogP contribution in [0.1, 0.15) is 67.2 Å². The van der Waals surface area contributed by atoms with E-state index in [-0.39, 0.29) is 0 Å². The SMILES string of the molecule is CCCNC1CC(C)CC(C)C1N1CC(C)CC(C)C1C. The molecule has 7 atom stereocenters. The van der Waals surface area contributed by atoms with Crippen LogP contribution in [0.15, 0.2) is 0 Å². The zero-order chi connectivity index (χ0) is 15.6. The van der Waals surface area contributed by atoms with Gasteiger partial charge in [-0.05, 0) is 62.8 Å². The lowest BCUT2D eigenvalue weighted by atomic mass is 9.73. The topological polar surface area (TPSA) is 15.3 Å². The van der Waals surface area contributed by atoms with Gasteiger partial charge in [0.15, 0.2) is 0 Å². The Morgan fingerprint density at radius 1 is 0.905 bits per heavy atom. The van der Waals surface area contributed by atoms with Crippen molar-refractivity contribution in [3.63, 3.8) is 0 Å². The maximum Gasteiger partial charge on any atom is 0.0278 e. The summed E-state index contributed by atoms with van der Waals surface area (Å²) in [6, 6.07) is 2.18. The van der Waals surface area contributed by atoms with E-state index in [4.69, 9.17) is 0 Å². The van der Waals surface area contributed by atoms with E-state index in [0.717, 1.165) is 35.8 Å². The van der Waals surface area contributed by atoms with Gasteiger partial charge in [-0.15, -0.1) is 0 Å². The van der Waals surface area contributed by atoms with Crippen LogP contribution in [-0.2, 0) is 0 Å². The van der Waals surface area contributed by atoms with Crippen molar-refractivity contribution in [3.05, 3.63) is 0 Å². The molecule has 0 aromatic rings. The maximum absolute atomic E-state index is 3.89. The molecule has 0 aromatic heterocycles. The van der Waals surface area contributed by atoms with Gasteiger partial charge < -0.3 is 5.32 Å². The van der Waals surface area contributed by atoms with E-state index >= 15 is 0 Å². The van der Waals surface area contributed by atoms with Crippen molar-refractivity contribution in [2.75, 3.05) is 13.1 Å². The van der Waals surface area contributed by atoms with Crippen LogP contribution in [0, 0.1) is 23.7 Å². The molecule has 2 aliphatic rings. The van der Waals surface area contributed by atoms with Crippen LogP contribution in [-0.4, -0.2) is 36.1 Å². The molecule has 1 saturated carbocycles. The van der Waals surface area contributed by atoms with Gasteiger partial charge >= 0.3 is 0 Å². The molecule has 0 aromatic carbocycles. The molecule has 0 bridgehead atoms. The summed E-state index contributed by atoms with van der Waals surface area (Å²) in [4.78, 5) is 2.88. The molecule has 2 rings (SSSR count). The molecule has 0 amide bonds. The Morgan fingerprint density at radius 3 is 2.24 bits per heavy atom. The Hall–Kier alpha value is -0.0800. The van der Waals surface area contributed by atoms with Crippen LogP contribution in [0.3, 0.4) is 0 Å². The summed E-state index contributed by atoms with van der Waals surface area (Å²) < 4.78 is 0. The van der Waals surface area contributed by atoms with Crippen molar-refractivity contribution in [2.24, 2.45) is 23.7 Å². The van der Waals surface area contributed by atoms with Crippen molar-refractivity contribution >= 4 is 0 Å². The lowest BCUT2D eigenvalue weighted by molar-refractivity contribution is -0.0188. The molecule has 124 valence electrons. The minimum Gasteiger partial charge on any atom is -0.312 e. The van der Waals surface area contributed by atoms with Gasteiger partial charge in [-0.25, -0.2) is 0 Å². The van der Waals surface area contributed by atoms with Gasteiger partial charge in [0.1, 0.15) is 0 Å². The number of piperidine rings is 1. The van der Waals surface area contributed by atoms with Crippen LogP contribution in [0.4, 0.5) is 0 Å². The van der Waals surface area contributed by atoms with Crippen LogP contribution in [0.25, 0.3) is 0 Å². The van der Waals surface area contributed by atoms with E-state index in [1.54, 1.807) is 0 Å². The van der Waals surface area contributed by atoms with Gasteiger partial charge in [-0.3, -0.25) is 4.90 Å². The minimum absolute atomic E-state index is 0.698. The van der Waals surface area contributed by atoms with Crippen LogP contribution < -0.4 is 5.32 Å². The highest BCUT2D eigenvalue weighted by atomic mass is 15.2. The first-order valence-corrected chi connectivity index (χ1v) is 9.43. The molecule has 2 nitrogen and oxygen atoms in total. The average Bonchev–Trinajstić information content (AvgIpc) is 2.40. The number of hydrogen-bond donors (Lipinski definition) is 1. The monoisotopic (exact) mass is 294 g/mol. The molecule has 2 heteroatoms. The van der Waals surface area contributed by atoms with Gasteiger partial charge in [-0.2, -0.15) is 0 Å². The molecule has 1 aliphatic carbocycles. The summed E-state index contributed by atoms with van der Waals surface area (Å²) in [7, 11) is 0. The predicted octanol–water partition coefficient (Wildman–Crippen LogP) is 4.16. The van der Waals surface area contributed by atoms with Gasteiger partial charge in [0.05, 0.1) is 0 Å². The first kappa shape index (κ1) is 17.3. The predicted molar refractivity (Wildman–Crippen MR) is 92.5 cm³/mol. The maximum atomic E-state index is 3.89. The summed E-state index contributed by atoms with van der Waals surface area (Å²) in [5, 5.41) is 3.89. The number of nitrogens with one attached hydrogen (secondary N) is 1. The molecule has 7 unspecified atom stereocenters. The second-order valence-electron chi connectivity index (χ2n) is 8.36. The molecule has 21 heavy (non-hydrogen) atoms. The summed E-state index contributed by atoms with van der Waals surface area (Å²) in [5.74, 6) is 3.39. The van der Waals surface area contributed by atoms with Gasteiger partial charge in [0.2, 0.25) is 0 Å². The van der Waals surface area contributed by atoms with E-state index in [9.17, 15) is 0 Å². The first-order valence-electron chi connectivity index (χ1n) is 9.43. The fourth-order valence-corrected chi connectivity index (χ4v) is 5.08. The third-order valence-corrected chi connectivity index (χ3v) is 6.11. The summed E-state index contributed by atoms with van der Waals surface area (Å²) >= 11 is 0. The van der Waals surface area contributed by atoms with E-state index < -0.39 is 0 Å². The van der Waals surface area contributed by atoms with E-state index in [1.165, 1.54) is 38.8 Å².